The van der Waals surface area contributed by atoms with Crippen molar-refractivity contribution in [3.05, 3.63) is 24.3 Å². The Morgan fingerprint density at radius 1 is 1.32 bits per heavy atom. The van der Waals surface area contributed by atoms with Crippen LogP contribution in [0.3, 0.4) is 0 Å². The third kappa shape index (κ3) is 6.85. The molecule has 0 fully saturated rings. The fraction of sp³-hybridized carbons (Fsp3) is 0.500. The highest BCUT2D eigenvalue weighted by Crippen LogP contribution is 2.32. The number of halogens is 1. The number of nitrogens with one attached hydrogen (secondary N) is 1. The Bertz CT molecular complexity index is 401. The van der Waals surface area contributed by atoms with E-state index in [2.05, 4.69) is 26.1 Å². The summed E-state index contributed by atoms with van der Waals surface area (Å²) in [5.74, 6) is -0.192. The zero-order chi connectivity index (χ0) is 13.8. The first-order chi connectivity index (χ1) is 8.31. The highest BCUT2D eigenvalue weighted by Gasteiger charge is 2.13. The van der Waals surface area contributed by atoms with Gasteiger partial charge in [0.2, 0.25) is 5.91 Å². The van der Waals surface area contributed by atoms with E-state index < -0.39 is 0 Å². The lowest BCUT2D eigenvalue weighted by molar-refractivity contribution is -0.119. The highest BCUT2D eigenvalue weighted by molar-refractivity contribution is 8.00. The summed E-state index contributed by atoms with van der Waals surface area (Å²) >= 11 is 1.81. The topological polar surface area (TPSA) is 55.1 Å². The van der Waals surface area contributed by atoms with Crippen LogP contribution in [0.4, 0.5) is 5.69 Å². The van der Waals surface area contributed by atoms with Crippen LogP contribution in [0.5, 0.6) is 0 Å². The molecule has 108 valence electrons. The van der Waals surface area contributed by atoms with Crippen LogP contribution in [0.2, 0.25) is 0 Å². The molecule has 0 bridgehead atoms. The van der Waals surface area contributed by atoms with E-state index in [0.717, 1.165) is 5.69 Å². The van der Waals surface area contributed by atoms with E-state index in [1.165, 1.54) is 4.90 Å². The standard InChI is InChI=1S/C14H22N2OS.ClH/c1-10(9-15)13(17)16-11-5-7-12(8-6-11)18-14(2,3)4;/h5-8,10H,9,15H2,1-4H3,(H,16,17);1H. The van der Waals surface area contributed by atoms with Crippen LogP contribution < -0.4 is 11.1 Å². The van der Waals surface area contributed by atoms with Gasteiger partial charge in [-0.05, 0) is 24.3 Å². The zero-order valence-corrected chi connectivity index (χ0v) is 13.5. The molecule has 5 heteroatoms. The van der Waals surface area contributed by atoms with Crippen LogP contribution >= 0.6 is 24.2 Å². The Kier molecular flexibility index (Phi) is 7.49. The van der Waals surface area contributed by atoms with Crippen LogP contribution in [0.1, 0.15) is 27.7 Å². The summed E-state index contributed by atoms with van der Waals surface area (Å²) in [5, 5.41) is 2.85. The largest absolute Gasteiger partial charge is 0.330 e. The third-order valence-corrected chi connectivity index (χ3v) is 3.47. The number of rotatable bonds is 4. The van der Waals surface area contributed by atoms with Crippen molar-refractivity contribution in [1.29, 1.82) is 0 Å². The quantitative estimate of drug-likeness (QED) is 0.837. The molecule has 3 nitrogen and oxygen atoms in total. The number of carbonyl (C=O) groups excluding carboxylic acids is 1. The molecular weight excluding hydrogens is 280 g/mol. The van der Waals surface area contributed by atoms with E-state index in [4.69, 9.17) is 5.73 Å². The van der Waals surface area contributed by atoms with Crippen molar-refractivity contribution in [2.45, 2.75) is 37.3 Å². The summed E-state index contributed by atoms with van der Waals surface area (Å²) in [4.78, 5) is 12.9. The molecule has 1 amide bonds. The van der Waals surface area contributed by atoms with Crippen molar-refractivity contribution in [3.63, 3.8) is 0 Å². The lowest BCUT2D eigenvalue weighted by Crippen LogP contribution is -2.26. The average Bonchev–Trinajstić information content (AvgIpc) is 2.28. The second-order valence-corrected chi connectivity index (χ2v) is 7.27. The molecule has 19 heavy (non-hydrogen) atoms. The number of amides is 1. The van der Waals surface area contributed by atoms with Gasteiger partial charge in [0.05, 0.1) is 0 Å². The van der Waals surface area contributed by atoms with E-state index in [9.17, 15) is 4.79 Å². The summed E-state index contributed by atoms with van der Waals surface area (Å²) in [5.41, 5.74) is 6.27. The maximum absolute atomic E-state index is 11.7. The monoisotopic (exact) mass is 302 g/mol. The van der Waals surface area contributed by atoms with Gasteiger partial charge in [0.1, 0.15) is 0 Å². The molecule has 1 aromatic carbocycles. The summed E-state index contributed by atoms with van der Waals surface area (Å²) < 4.78 is 0.193. The molecule has 1 unspecified atom stereocenters. The first-order valence-corrected chi connectivity index (χ1v) is 6.93. The van der Waals surface area contributed by atoms with Crippen molar-refractivity contribution in [1.82, 2.24) is 0 Å². The number of carbonyl (C=O) groups is 1. The molecule has 1 atom stereocenters. The molecule has 1 aromatic rings. The zero-order valence-electron chi connectivity index (χ0n) is 11.9. The molecule has 1 rings (SSSR count). The normalized spacial score (nSPS) is 12.5. The molecule has 3 N–H and O–H groups in total. The second kappa shape index (κ2) is 7.78. The lowest BCUT2D eigenvalue weighted by atomic mass is 10.1. The Morgan fingerprint density at radius 3 is 2.26 bits per heavy atom. The Balaban J connectivity index is 0.00000324. The van der Waals surface area contributed by atoms with Crippen molar-refractivity contribution in [3.8, 4) is 0 Å². The molecule has 0 aliphatic heterocycles. The minimum atomic E-state index is -0.159. The first kappa shape index (κ1) is 18.3. The van der Waals surface area contributed by atoms with Crippen molar-refractivity contribution in [2.24, 2.45) is 11.7 Å². The maximum Gasteiger partial charge on any atom is 0.228 e. The minimum absolute atomic E-state index is 0. The molecule has 0 saturated heterocycles. The predicted octanol–water partition coefficient (Wildman–Crippen LogP) is 3.53. The second-order valence-electron chi connectivity index (χ2n) is 5.36. The number of hydrogen-bond donors (Lipinski definition) is 2. The summed E-state index contributed by atoms with van der Waals surface area (Å²) in [6.45, 7) is 8.71. The van der Waals surface area contributed by atoms with Crippen LogP contribution in [0, 0.1) is 5.92 Å². The van der Waals surface area contributed by atoms with E-state index in [1.54, 1.807) is 11.8 Å². The van der Waals surface area contributed by atoms with Crippen molar-refractivity contribution >= 4 is 35.8 Å². The fourth-order valence-corrected chi connectivity index (χ4v) is 2.31. The van der Waals surface area contributed by atoms with Crippen LogP contribution in [-0.4, -0.2) is 17.2 Å². The number of thioether (sulfide) groups is 1. The minimum Gasteiger partial charge on any atom is -0.330 e. The van der Waals surface area contributed by atoms with Gasteiger partial charge < -0.3 is 11.1 Å². The van der Waals surface area contributed by atoms with E-state index in [0.29, 0.717) is 6.54 Å². The number of hydrogen-bond acceptors (Lipinski definition) is 3. The molecule has 0 radical (unpaired) electrons. The van der Waals surface area contributed by atoms with Crippen molar-refractivity contribution in [2.75, 3.05) is 11.9 Å². The van der Waals surface area contributed by atoms with Gasteiger partial charge in [0.15, 0.2) is 0 Å². The van der Waals surface area contributed by atoms with Gasteiger partial charge in [-0.25, -0.2) is 0 Å². The predicted molar refractivity (Wildman–Crippen MR) is 86.1 cm³/mol. The van der Waals surface area contributed by atoms with Crippen LogP contribution in [0.15, 0.2) is 29.2 Å². The summed E-state index contributed by atoms with van der Waals surface area (Å²) in [6.07, 6.45) is 0. The van der Waals surface area contributed by atoms with Crippen LogP contribution in [0.25, 0.3) is 0 Å². The van der Waals surface area contributed by atoms with Crippen LogP contribution in [-0.2, 0) is 4.79 Å². The molecule has 0 aliphatic rings. The molecule has 0 heterocycles. The molecular formula is C14H23ClN2OS. The fourth-order valence-electron chi connectivity index (χ4n) is 1.33. The van der Waals surface area contributed by atoms with E-state index in [-0.39, 0.29) is 29.0 Å². The number of nitrogens with two attached hydrogens (primary N) is 1. The highest BCUT2D eigenvalue weighted by atomic mass is 35.5. The lowest BCUT2D eigenvalue weighted by Gasteiger charge is -2.17. The third-order valence-electron chi connectivity index (χ3n) is 2.35. The van der Waals surface area contributed by atoms with Gasteiger partial charge in [-0.15, -0.1) is 24.2 Å². The molecule has 0 aromatic heterocycles. The average molecular weight is 303 g/mol. The maximum atomic E-state index is 11.7. The van der Waals surface area contributed by atoms with Gasteiger partial charge in [-0.3, -0.25) is 4.79 Å². The van der Waals surface area contributed by atoms with E-state index >= 15 is 0 Å². The van der Waals surface area contributed by atoms with E-state index in [1.807, 2.05) is 31.2 Å². The van der Waals surface area contributed by atoms with Gasteiger partial charge in [0.25, 0.3) is 0 Å². The Labute approximate surface area is 126 Å². The smallest absolute Gasteiger partial charge is 0.228 e. The van der Waals surface area contributed by atoms with Gasteiger partial charge in [-0.2, -0.15) is 0 Å². The Morgan fingerprint density at radius 2 is 1.84 bits per heavy atom. The van der Waals surface area contributed by atoms with Gasteiger partial charge in [0, 0.05) is 27.8 Å². The van der Waals surface area contributed by atoms with Crippen molar-refractivity contribution < 1.29 is 4.79 Å². The molecule has 0 spiro atoms. The molecule has 0 aliphatic carbocycles. The van der Waals surface area contributed by atoms with Gasteiger partial charge >= 0.3 is 0 Å². The molecule has 0 saturated carbocycles. The summed E-state index contributed by atoms with van der Waals surface area (Å²) in [7, 11) is 0. The number of benzene rings is 1. The number of anilines is 1. The first-order valence-electron chi connectivity index (χ1n) is 6.12. The Hall–Kier alpha value is -0.710. The van der Waals surface area contributed by atoms with Gasteiger partial charge in [-0.1, -0.05) is 27.7 Å². The SMILES string of the molecule is CC(CN)C(=O)Nc1ccc(SC(C)(C)C)cc1.Cl. The summed E-state index contributed by atoms with van der Waals surface area (Å²) in [6, 6.07) is 7.90.